The highest BCUT2D eigenvalue weighted by molar-refractivity contribution is 5.77. The number of nitrogens with zero attached hydrogens (tertiary/aromatic N) is 2. The van der Waals surface area contributed by atoms with Crippen LogP contribution in [0.4, 0.5) is 17.6 Å². The van der Waals surface area contributed by atoms with Crippen molar-refractivity contribution < 1.29 is 31.8 Å². The largest absolute Gasteiger partial charge is 0.484 e. The third-order valence-electron chi connectivity index (χ3n) is 3.99. The lowest BCUT2D eigenvalue weighted by Crippen LogP contribution is -2.32. The van der Waals surface area contributed by atoms with E-state index in [2.05, 4.69) is 10.4 Å². The van der Waals surface area contributed by atoms with Gasteiger partial charge < -0.3 is 14.8 Å². The summed E-state index contributed by atoms with van der Waals surface area (Å²) in [5, 5.41) is 6.21. The highest BCUT2D eigenvalue weighted by Crippen LogP contribution is 2.34. The van der Waals surface area contributed by atoms with Crippen molar-refractivity contribution in [3.05, 3.63) is 47.0 Å². The number of aromatic nitrogens is 2. The number of rotatable bonds is 6. The first-order valence-corrected chi connectivity index (χ1v) is 8.23. The number of hydrogen-bond acceptors (Lipinski definition) is 4. The van der Waals surface area contributed by atoms with Crippen molar-refractivity contribution >= 4 is 5.91 Å². The molecule has 10 heteroatoms. The Morgan fingerprint density at radius 3 is 2.74 bits per heavy atom. The summed E-state index contributed by atoms with van der Waals surface area (Å²) in [5.41, 5.74) is -0.409. The van der Waals surface area contributed by atoms with Crippen LogP contribution < -0.4 is 10.1 Å². The zero-order valence-electron chi connectivity index (χ0n) is 14.2. The monoisotopic (exact) mass is 387 g/mol. The summed E-state index contributed by atoms with van der Waals surface area (Å²) >= 11 is 0. The number of carbonyl (C=O) groups excluding carboxylic acids is 1. The van der Waals surface area contributed by atoms with E-state index in [-0.39, 0.29) is 31.9 Å². The van der Waals surface area contributed by atoms with Gasteiger partial charge in [0.1, 0.15) is 11.6 Å². The molecule has 6 nitrogen and oxygen atoms in total. The molecule has 1 N–H and O–H groups in total. The van der Waals surface area contributed by atoms with E-state index < -0.39 is 23.6 Å². The molecule has 146 valence electrons. The molecule has 2 aromatic rings. The van der Waals surface area contributed by atoms with Crippen LogP contribution in [0.25, 0.3) is 0 Å². The Morgan fingerprint density at radius 2 is 2.04 bits per heavy atom. The number of nitrogens with one attached hydrogen (secondary N) is 1. The second-order valence-corrected chi connectivity index (χ2v) is 5.89. The first kappa shape index (κ1) is 19.2. The van der Waals surface area contributed by atoms with Gasteiger partial charge in [-0.3, -0.25) is 9.48 Å². The minimum Gasteiger partial charge on any atom is -0.484 e. The number of halogens is 4. The molecule has 0 saturated carbocycles. The van der Waals surface area contributed by atoms with Gasteiger partial charge in [-0.2, -0.15) is 18.3 Å². The fourth-order valence-corrected chi connectivity index (χ4v) is 2.75. The zero-order valence-corrected chi connectivity index (χ0v) is 14.2. The van der Waals surface area contributed by atoms with Crippen molar-refractivity contribution in [3.8, 4) is 5.75 Å². The van der Waals surface area contributed by atoms with E-state index >= 15 is 0 Å². The van der Waals surface area contributed by atoms with Crippen LogP contribution in [-0.4, -0.2) is 35.4 Å². The number of alkyl halides is 3. The minimum atomic E-state index is -4.55. The molecule has 0 unspecified atom stereocenters. The highest BCUT2D eigenvalue weighted by Gasteiger charge is 2.39. The van der Waals surface area contributed by atoms with Crippen molar-refractivity contribution in [2.24, 2.45) is 0 Å². The molecule has 0 aliphatic carbocycles. The summed E-state index contributed by atoms with van der Waals surface area (Å²) in [5.74, 6) is -0.528. The zero-order chi connectivity index (χ0) is 19.4. The molecule has 1 amide bonds. The molecular weight excluding hydrogens is 370 g/mol. The fourth-order valence-electron chi connectivity index (χ4n) is 2.75. The molecule has 2 heterocycles. The molecule has 27 heavy (non-hydrogen) atoms. The van der Waals surface area contributed by atoms with Gasteiger partial charge in [-0.15, -0.1) is 0 Å². The van der Waals surface area contributed by atoms with Gasteiger partial charge in [-0.05, 0) is 24.3 Å². The fraction of sp³-hybridized carbons (Fsp3) is 0.412. The van der Waals surface area contributed by atoms with Crippen LogP contribution >= 0.6 is 0 Å². The van der Waals surface area contributed by atoms with Crippen LogP contribution in [0.1, 0.15) is 17.0 Å². The molecular formula is C17H17F4N3O3. The van der Waals surface area contributed by atoms with Crippen molar-refractivity contribution in [2.45, 2.75) is 25.7 Å². The predicted molar refractivity (Wildman–Crippen MR) is 85.5 cm³/mol. The van der Waals surface area contributed by atoms with Gasteiger partial charge in [0.2, 0.25) is 0 Å². The van der Waals surface area contributed by atoms with Gasteiger partial charge in [0.05, 0.1) is 19.8 Å². The Bertz CT molecular complexity index is 803. The van der Waals surface area contributed by atoms with Crippen LogP contribution in [0, 0.1) is 5.82 Å². The molecule has 1 aromatic carbocycles. The molecule has 0 saturated heterocycles. The molecule has 1 aliphatic heterocycles. The van der Waals surface area contributed by atoms with E-state index in [4.69, 9.17) is 9.47 Å². The van der Waals surface area contributed by atoms with Gasteiger partial charge in [-0.25, -0.2) is 4.39 Å². The first-order chi connectivity index (χ1) is 12.8. The van der Waals surface area contributed by atoms with Crippen LogP contribution in [0.5, 0.6) is 5.75 Å². The lowest BCUT2D eigenvalue weighted by atomic mass is 10.1. The van der Waals surface area contributed by atoms with Gasteiger partial charge in [-0.1, -0.05) is 0 Å². The molecule has 1 aromatic heterocycles. The Kier molecular flexibility index (Phi) is 5.64. The Hall–Kier alpha value is -2.62. The number of hydrogen-bond donors (Lipinski definition) is 1. The lowest BCUT2D eigenvalue weighted by molar-refractivity contribution is -0.142. The first-order valence-electron chi connectivity index (χ1n) is 8.23. The smallest absolute Gasteiger partial charge is 0.435 e. The molecule has 3 rings (SSSR count). The van der Waals surface area contributed by atoms with Crippen molar-refractivity contribution in [3.63, 3.8) is 0 Å². The third kappa shape index (κ3) is 4.76. The van der Waals surface area contributed by atoms with Gasteiger partial charge in [0.25, 0.3) is 5.91 Å². The van der Waals surface area contributed by atoms with Crippen molar-refractivity contribution in [1.29, 1.82) is 0 Å². The van der Waals surface area contributed by atoms with Crippen LogP contribution in [0.2, 0.25) is 0 Å². The molecule has 0 spiro atoms. The van der Waals surface area contributed by atoms with Gasteiger partial charge >= 0.3 is 6.18 Å². The number of benzene rings is 1. The lowest BCUT2D eigenvalue weighted by Gasteiger charge is -2.15. The van der Waals surface area contributed by atoms with Gasteiger partial charge in [0.15, 0.2) is 12.3 Å². The molecule has 0 radical (unpaired) electrons. The maximum Gasteiger partial charge on any atom is 0.435 e. The van der Waals surface area contributed by atoms with E-state index in [0.29, 0.717) is 24.5 Å². The summed E-state index contributed by atoms with van der Waals surface area (Å²) in [6.45, 7) is 0.110. The highest BCUT2D eigenvalue weighted by atomic mass is 19.4. The van der Waals surface area contributed by atoms with Crippen LogP contribution in [-0.2, 0) is 35.3 Å². The molecule has 0 bridgehead atoms. The van der Waals surface area contributed by atoms with E-state index in [9.17, 15) is 22.4 Å². The normalized spacial score (nSPS) is 13.9. The van der Waals surface area contributed by atoms with Gasteiger partial charge in [0, 0.05) is 24.2 Å². The Labute approximate surface area is 152 Å². The van der Waals surface area contributed by atoms with E-state index in [0.717, 1.165) is 0 Å². The average molecular weight is 387 g/mol. The summed E-state index contributed by atoms with van der Waals surface area (Å²) in [7, 11) is 0. The van der Waals surface area contributed by atoms with E-state index in [1.165, 1.54) is 28.9 Å². The third-order valence-corrected chi connectivity index (χ3v) is 3.99. The molecule has 0 fully saturated rings. The Morgan fingerprint density at radius 1 is 1.30 bits per heavy atom. The summed E-state index contributed by atoms with van der Waals surface area (Å²) in [6.07, 6.45) is -4.22. The number of fused-ring (bicyclic) bond motifs is 1. The second-order valence-electron chi connectivity index (χ2n) is 5.89. The maximum absolute atomic E-state index is 13.1. The summed E-state index contributed by atoms with van der Waals surface area (Å²) < 4.78 is 63.6. The number of amides is 1. The Balaban J connectivity index is 1.53. The van der Waals surface area contributed by atoms with E-state index in [1.54, 1.807) is 0 Å². The quantitative estimate of drug-likeness (QED) is 0.773. The number of carbonyl (C=O) groups is 1. The summed E-state index contributed by atoms with van der Waals surface area (Å²) in [6, 6.07) is 5.19. The van der Waals surface area contributed by atoms with Crippen LogP contribution in [0.15, 0.2) is 24.3 Å². The summed E-state index contributed by atoms with van der Waals surface area (Å²) in [4.78, 5) is 11.8. The standard InChI is InChI=1S/C17H17F4N3O3/c18-11-1-3-12(4-2-11)27-10-15(25)22-6-7-24-14-5-8-26-9-13(14)16(23-24)17(19,20)21/h1-4H,5-10H2,(H,22,25). The number of ether oxygens (including phenoxy) is 2. The minimum absolute atomic E-state index is 0.0553. The van der Waals surface area contributed by atoms with Crippen LogP contribution in [0.3, 0.4) is 0 Å². The predicted octanol–water partition coefficient (Wildman–Crippen LogP) is 2.31. The topological polar surface area (TPSA) is 65.4 Å². The maximum atomic E-state index is 13.1. The SMILES string of the molecule is O=C(COc1ccc(F)cc1)NCCn1nc(C(F)(F)F)c2c1CCOC2. The van der Waals surface area contributed by atoms with Crippen molar-refractivity contribution in [2.75, 3.05) is 19.8 Å². The average Bonchev–Trinajstić information content (AvgIpc) is 3.01. The second kappa shape index (κ2) is 7.95. The molecule has 0 atom stereocenters. The van der Waals surface area contributed by atoms with E-state index in [1.807, 2.05) is 0 Å². The van der Waals surface area contributed by atoms with Crippen molar-refractivity contribution in [1.82, 2.24) is 15.1 Å². The molecule has 1 aliphatic rings.